The topological polar surface area (TPSA) is 61.6 Å². The first-order valence-corrected chi connectivity index (χ1v) is 7.49. The summed E-state index contributed by atoms with van der Waals surface area (Å²) in [5, 5.41) is 3.25. The lowest BCUT2D eigenvalue weighted by molar-refractivity contribution is -0.120. The van der Waals surface area contributed by atoms with Crippen molar-refractivity contribution in [1.29, 1.82) is 0 Å². The van der Waals surface area contributed by atoms with Gasteiger partial charge in [0.1, 0.15) is 0 Å². The number of carbonyl (C=O) groups excluding carboxylic acids is 1. The maximum atomic E-state index is 11.5. The van der Waals surface area contributed by atoms with Gasteiger partial charge in [0, 0.05) is 25.2 Å². The fourth-order valence-electron chi connectivity index (χ4n) is 2.90. The van der Waals surface area contributed by atoms with Gasteiger partial charge in [-0.3, -0.25) is 14.6 Å². The zero-order valence-electron chi connectivity index (χ0n) is 12.9. The van der Waals surface area contributed by atoms with Crippen LogP contribution in [0.25, 0.3) is 0 Å². The van der Waals surface area contributed by atoms with Crippen LogP contribution >= 0.6 is 0 Å². The Morgan fingerprint density at radius 2 is 2.05 bits per heavy atom. The molecule has 0 aromatic rings. The maximum absolute atomic E-state index is 11.5. The summed E-state index contributed by atoms with van der Waals surface area (Å²) >= 11 is 0. The predicted octanol–water partition coefficient (Wildman–Crippen LogP) is 0.254. The van der Waals surface area contributed by atoms with Crippen LogP contribution in [0, 0.1) is 0 Å². The molecule has 19 heavy (non-hydrogen) atoms. The zero-order valence-corrected chi connectivity index (χ0v) is 12.9. The summed E-state index contributed by atoms with van der Waals surface area (Å²) < 4.78 is 0. The van der Waals surface area contributed by atoms with Crippen LogP contribution in [-0.2, 0) is 4.79 Å². The highest BCUT2D eigenvalue weighted by atomic mass is 16.1. The molecule has 0 aromatic heterocycles. The summed E-state index contributed by atoms with van der Waals surface area (Å²) in [4.78, 5) is 16.3. The molecular formula is C14H30N4O. The largest absolute Gasteiger partial charge is 0.368 e. The Kier molecular flexibility index (Phi) is 6.75. The predicted molar refractivity (Wildman–Crippen MR) is 79.0 cm³/mol. The lowest BCUT2D eigenvalue weighted by Gasteiger charge is -2.27. The van der Waals surface area contributed by atoms with Gasteiger partial charge in [-0.1, -0.05) is 27.7 Å². The van der Waals surface area contributed by atoms with Crippen molar-refractivity contribution in [1.82, 2.24) is 15.1 Å². The SMILES string of the molecule is CCN(CC)C1CCN(CC(NC(C)C)C(N)=O)C1. The monoisotopic (exact) mass is 270 g/mol. The molecule has 0 bridgehead atoms. The van der Waals surface area contributed by atoms with E-state index in [1.165, 1.54) is 6.42 Å². The number of rotatable bonds is 8. The van der Waals surface area contributed by atoms with Gasteiger partial charge in [0.25, 0.3) is 0 Å². The van der Waals surface area contributed by atoms with Crippen LogP contribution in [0.3, 0.4) is 0 Å². The summed E-state index contributed by atoms with van der Waals surface area (Å²) in [6.45, 7) is 13.5. The summed E-state index contributed by atoms with van der Waals surface area (Å²) in [5.41, 5.74) is 5.47. The number of likely N-dealkylation sites (N-methyl/N-ethyl adjacent to an activating group) is 1. The molecule has 1 aliphatic heterocycles. The van der Waals surface area contributed by atoms with Gasteiger partial charge in [-0.15, -0.1) is 0 Å². The number of nitrogens with zero attached hydrogens (tertiary/aromatic N) is 2. The Morgan fingerprint density at radius 3 is 2.53 bits per heavy atom. The fourth-order valence-corrected chi connectivity index (χ4v) is 2.90. The lowest BCUT2D eigenvalue weighted by atomic mass is 10.2. The molecule has 0 spiro atoms. The van der Waals surface area contributed by atoms with Gasteiger partial charge in [0.2, 0.25) is 5.91 Å². The van der Waals surface area contributed by atoms with E-state index in [0.717, 1.165) is 32.7 Å². The van der Waals surface area contributed by atoms with E-state index >= 15 is 0 Å². The van der Waals surface area contributed by atoms with Crippen molar-refractivity contribution in [3.8, 4) is 0 Å². The molecule has 1 heterocycles. The molecule has 1 aliphatic rings. The summed E-state index contributed by atoms with van der Waals surface area (Å²) in [6, 6.07) is 0.664. The molecule has 1 amide bonds. The number of carbonyl (C=O) groups is 1. The second-order valence-electron chi connectivity index (χ2n) is 5.70. The van der Waals surface area contributed by atoms with E-state index in [4.69, 9.17) is 5.73 Å². The molecular weight excluding hydrogens is 240 g/mol. The molecule has 0 radical (unpaired) electrons. The average molecular weight is 270 g/mol. The molecule has 0 aromatic carbocycles. The minimum atomic E-state index is -0.250. The van der Waals surface area contributed by atoms with Gasteiger partial charge in [-0.25, -0.2) is 0 Å². The van der Waals surface area contributed by atoms with Crippen molar-refractivity contribution in [2.75, 3.05) is 32.7 Å². The molecule has 1 fully saturated rings. The molecule has 112 valence electrons. The van der Waals surface area contributed by atoms with Gasteiger partial charge in [0.05, 0.1) is 6.04 Å². The van der Waals surface area contributed by atoms with Crippen molar-refractivity contribution in [2.45, 2.75) is 52.2 Å². The summed E-state index contributed by atoms with van der Waals surface area (Å²) in [6.07, 6.45) is 1.19. The van der Waals surface area contributed by atoms with Crippen molar-refractivity contribution in [3.63, 3.8) is 0 Å². The van der Waals surface area contributed by atoms with E-state index in [1.54, 1.807) is 0 Å². The second-order valence-corrected chi connectivity index (χ2v) is 5.70. The third kappa shape index (κ3) is 5.09. The van der Waals surface area contributed by atoms with E-state index in [2.05, 4.69) is 29.0 Å². The number of nitrogens with two attached hydrogens (primary N) is 1. The standard InChI is InChI=1S/C14H30N4O/c1-5-18(6-2)12-7-8-17(9-12)10-13(14(15)19)16-11(3)4/h11-13,16H,5-10H2,1-4H3,(H2,15,19). The molecule has 2 atom stereocenters. The van der Waals surface area contributed by atoms with E-state index in [1.807, 2.05) is 13.8 Å². The molecule has 0 saturated carbocycles. The minimum Gasteiger partial charge on any atom is -0.368 e. The minimum absolute atomic E-state index is 0.240. The maximum Gasteiger partial charge on any atom is 0.235 e. The van der Waals surface area contributed by atoms with Crippen LogP contribution in [0.1, 0.15) is 34.1 Å². The molecule has 5 heteroatoms. The normalized spacial score (nSPS) is 22.3. The Bertz CT molecular complexity index is 279. The van der Waals surface area contributed by atoms with Gasteiger partial charge < -0.3 is 11.1 Å². The van der Waals surface area contributed by atoms with Crippen LogP contribution < -0.4 is 11.1 Å². The highest BCUT2D eigenvalue weighted by Crippen LogP contribution is 2.15. The number of nitrogens with one attached hydrogen (secondary N) is 1. The summed E-state index contributed by atoms with van der Waals surface area (Å²) in [7, 11) is 0. The first kappa shape index (κ1) is 16.4. The number of amides is 1. The average Bonchev–Trinajstić information content (AvgIpc) is 2.78. The van der Waals surface area contributed by atoms with Crippen molar-refractivity contribution >= 4 is 5.91 Å². The number of primary amides is 1. The van der Waals surface area contributed by atoms with Crippen LogP contribution in [0.2, 0.25) is 0 Å². The van der Waals surface area contributed by atoms with Crippen molar-refractivity contribution < 1.29 is 4.79 Å². The van der Waals surface area contributed by atoms with E-state index in [9.17, 15) is 4.79 Å². The van der Waals surface area contributed by atoms with E-state index in [0.29, 0.717) is 6.04 Å². The lowest BCUT2D eigenvalue weighted by Crippen LogP contribution is -2.51. The Hall–Kier alpha value is -0.650. The quantitative estimate of drug-likeness (QED) is 0.664. The molecule has 5 nitrogen and oxygen atoms in total. The van der Waals surface area contributed by atoms with Crippen LogP contribution in [0.4, 0.5) is 0 Å². The Labute approximate surface area is 117 Å². The van der Waals surface area contributed by atoms with Crippen LogP contribution in [0.15, 0.2) is 0 Å². The Morgan fingerprint density at radius 1 is 1.42 bits per heavy atom. The molecule has 3 N–H and O–H groups in total. The fraction of sp³-hybridized carbons (Fsp3) is 0.929. The second kappa shape index (κ2) is 7.82. The van der Waals surface area contributed by atoms with Crippen molar-refractivity contribution in [2.24, 2.45) is 5.73 Å². The van der Waals surface area contributed by atoms with Crippen LogP contribution in [-0.4, -0.2) is 66.6 Å². The number of hydrogen-bond donors (Lipinski definition) is 2. The smallest absolute Gasteiger partial charge is 0.235 e. The molecule has 0 aliphatic carbocycles. The molecule has 2 unspecified atom stereocenters. The van der Waals surface area contributed by atoms with E-state index in [-0.39, 0.29) is 18.0 Å². The molecule has 1 rings (SSSR count). The summed E-state index contributed by atoms with van der Waals surface area (Å²) in [5.74, 6) is -0.250. The van der Waals surface area contributed by atoms with Gasteiger partial charge in [-0.2, -0.15) is 0 Å². The third-order valence-electron chi connectivity index (χ3n) is 3.89. The van der Waals surface area contributed by atoms with Crippen molar-refractivity contribution in [3.05, 3.63) is 0 Å². The number of hydrogen-bond acceptors (Lipinski definition) is 4. The van der Waals surface area contributed by atoms with Crippen LogP contribution in [0.5, 0.6) is 0 Å². The van der Waals surface area contributed by atoms with Gasteiger partial charge in [-0.05, 0) is 26.1 Å². The first-order chi connectivity index (χ1) is 8.97. The third-order valence-corrected chi connectivity index (χ3v) is 3.89. The molecule has 1 saturated heterocycles. The van der Waals surface area contributed by atoms with Gasteiger partial charge in [0.15, 0.2) is 0 Å². The first-order valence-electron chi connectivity index (χ1n) is 7.49. The Balaban J connectivity index is 2.47. The zero-order chi connectivity index (χ0) is 14.4. The van der Waals surface area contributed by atoms with E-state index < -0.39 is 0 Å². The number of likely N-dealkylation sites (tertiary alicyclic amines) is 1. The van der Waals surface area contributed by atoms with Gasteiger partial charge >= 0.3 is 0 Å². The highest BCUT2D eigenvalue weighted by Gasteiger charge is 2.29. The highest BCUT2D eigenvalue weighted by molar-refractivity contribution is 5.80.